The molecular formula is C15H14N. The summed E-state index contributed by atoms with van der Waals surface area (Å²) in [5.41, 5.74) is 3.77. The van der Waals surface area contributed by atoms with Gasteiger partial charge in [0, 0.05) is 21.8 Å². The third-order valence-corrected chi connectivity index (χ3v) is 3.00. The molecule has 0 unspecified atom stereocenters. The van der Waals surface area contributed by atoms with Gasteiger partial charge >= 0.3 is 0 Å². The summed E-state index contributed by atoms with van der Waals surface area (Å²) in [5.74, 6) is 0. The maximum atomic E-state index is 3.50. The highest BCUT2D eigenvalue weighted by Crippen LogP contribution is 2.28. The largest absolute Gasteiger partial charge is 0.354 e. The highest BCUT2D eigenvalue weighted by molar-refractivity contribution is 6.08. The molecule has 1 nitrogen and oxygen atoms in total. The SMILES string of the molecule is CC[CH]c1cccc2c1[nH]c1ccccc12. The lowest BCUT2D eigenvalue weighted by molar-refractivity contribution is 1.13. The van der Waals surface area contributed by atoms with Crippen LogP contribution in [0.5, 0.6) is 0 Å². The van der Waals surface area contributed by atoms with E-state index in [0.717, 1.165) is 6.42 Å². The van der Waals surface area contributed by atoms with Gasteiger partial charge in [-0.15, -0.1) is 0 Å². The average Bonchev–Trinajstić information content (AvgIpc) is 2.69. The number of rotatable bonds is 2. The van der Waals surface area contributed by atoms with Gasteiger partial charge in [0.15, 0.2) is 0 Å². The maximum Gasteiger partial charge on any atom is 0.0500 e. The van der Waals surface area contributed by atoms with Gasteiger partial charge in [0.2, 0.25) is 0 Å². The zero-order chi connectivity index (χ0) is 11.0. The van der Waals surface area contributed by atoms with Crippen LogP contribution in [0.15, 0.2) is 42.5 Å². The van der Waals surface area contributed by atoms with Gasteiger partial charge in [-0.1, -0.05) is 43.3 Å². The fourth-order valence-corrected chi connectivity index (χ4v) is 2.29. The van der Waals surface area contributed by atoms with Crippen LogP contribution in [0.4, 0.5) is 0 Å². The normalized spacial score (nSPS) is 11.3. The van der Waals surface area contributed by atoms with Crippen molar-refractivity contribution >= 4 is 21.8 Å². The number of hydrogen-bond donors (Lipinski definition) is 1. The molecule has 0 saturated heterocycles. The lowest BCUT2D eigenvalue weighted by Crippen LogP contribution is -1.81. The first-order valence-corrected chi connectivity index (χ1v) is 5.73. The van der Waals surface area contributed by atoms with Crippen LogP contribution in [-0.2, 0) is 0 Å². The van der Waals surface area contributed by atoms with Crippen molar-refractivity contribution in [1.82, 2.24) is 4.98 Å². The zero-order valence-electron chi connectivity index (χ0n) is 9.33. The number of nitrogens with one attached hydrogen (secondary N) is 1. The second-order valence-electron chi connectivity index (χ2n) is 4.05. The van der Waals surface area contributed by atoms with Crippen molar-refractivity contribution in [3.63, 3.8) is 0 Å². The van der Waals surface area contributed by atoms with Crippen molar-refractivity contribution in [2.24, 2.45) is 0 Å². The molecule has 3 aromatic rings. The molecule has 0 fully saturated rings. The number of aromatic amines is 1. The fraction of sp³-hybridized carbons (Fsp3) is 0.133. The smallest absolute Gasteiger partial charge is 0.0500 e. The van der Waals surface area contributed by atoms with Gasteiger partial charge in [-0.3, -0.25) is 0 Å². The van der Waals surface area contributed by atoms with E-state index in [1.54, 1.807) is 0 Å². The summed E-state index contributed by atoms with van der Waals surface area (Å²) in [6.07, 6.45) is 3.33. The van der Waals surface area contributed by atoms with Crippen molar-refractivity contribution in [1.29, 1.82) is 0 Å². The predicted octanol–water partition coefficient (Wildman–Crippen LogP) is 4.28. The first-order valence-electron chi connectivity index (χ1n) is 5.73. The first-order chi connectivity index (χ1) is 7.90. The van der Waals surface area contributed by atoms with E-state index < -0.39 is 0 Å². The minimum atomic E-state index is 1.06. The molecule has 1 N–H and O–H groups in total. The molecule has 0 amide bonds. The van der Waals surface area contributed by atoms with E-state index in [-0.39, 0.29) is 0 Å². The first kappa shape index (κ1) is 9.46. The summed E-state index contributed by atoms with van der Waals surface area (Å²) in [6.45, 7) is 2.17. The molecule has 0 saturated carbocycles. The molecule has 1 heterocycles. The Morgan fingerprint density at radius 1 is 1.00 bits per heavy atom. The quantitative estimate of drug-likeness (QED) is 0.646. The summed E-state index contributed by atoms with van der Waals surface area (Å²) in [7, 11) is 0. The van der Waals surface area contributed by atoms with Crippen LogP contribution in [0.1, 0.15) is 18.9 Å². The molecule has 1 aromatic heterocycles. The van der Waals surface area contributed by atoms with Crippen LogP contribution in [0.2, 0.25) is 0 Å². The van der Waals surface area contributed by atoms with Crippen LogP contribution in [0.25, 0.3) is 21.8 Å². The van der Waals surface area contributed by atoms with Crippen molar-refractivity contribution in [2.45, 2.75) is 13.3 Å². The summed E-state index contributed by atoms with van der Waals surface area (Å²) in [5, 5.41) is 2.63. The Morgan fingerprint density at radius 3 is 2.69 bits per heavy atom. The monoisotopic (exact) mass is 208 g/mol. The topological polar surface area (TPSA) is 15.8 Å². The molecule has 0 atom stereocenters. The Hall–Kier alpha value is -1.76. The van der Waals surface area contributed by atoms with E-state index in [0.29, 0.717) is 0 Å². The average molecular weight is 208 g/mol. The molecule has 0 spiro atoms. The molecule has 0 bridgehead atoms. The number of para-hydroxylation sites is 2. The summed E-state index contributed by atoms with van der Waals surface area (Å²) < 4.78 is 0. The standard InChI is InChI=1S/C15H14N/c1-2-6-11-7-5-9-13-12-8-3-4-10-14(12)16-15(11)13/h3-10,16H,2H2,1H3. The molecule has 0 aliphatic rings. The molecule has 3 rings (SSSR count). The zero-order valence-corrected chi connectivity index (χ0v) is 9.33. The Balaban J connectivity index is 2.39. The summed E-state index contributed by atoms with van der Waals surface area (Å²) in [6, 6.07) is 14.9. The number of aromatic nitrogens is 1. The van der Waals surface area contributed by atoms with E-state index in [9.17, 15) is 0 Å². The fourth-order valence-electron chi connectivity index (χ4n) is 2.29. The van der Waals surface area contributed by atoms with Crippen molar-refractivity contribution in [3.05, 3.63) is 54.4 Å². The Morgan fingerprint density at radius 2 is 1.81 bits per heavy atom. The number of benzene rings is 2. The minimum absolute atomic E-state index is 1.06. The van der Waals surface area contributed by atoms with Gasteiger partial charge in [-0.25, -0.2) is 0 Å². The van der Waals surface area contributed by atoms with E-state index >= 15 is 0 Å². The van der Waals surface area contributed by atoms with E-state index in [2.05, 4.69) is 60.8 Å². The predicted molar refractivity (Wildman–Crippen MR) is 69.5 cm³/mol. The van der Waals surface area contributed by atoms with Crippen LogP contribution < -0.4 is 0 Å². The molecule has 16 heavy (non-hydrogen) atoms. The van der Waals surface area contributed by atoms with E-state index in [1.165, 1.54) is 27.4 Å². The van der Waals surface area contributed by atoms with Crippen molar-refractivity contribution in [3.8, 4) is 0 Å². The van der Waals surface area contributed by atoms with Gasteiger partial charge in [0.1, 0.15) is 0 Å². The highest BCUT2D eigenvalue weighted by atomic mass is 14.7. The summed E-state index contributed by atoms with van der Waals surface area (Å²) in [4.78, 5) is 3.50. The van der Waals surface area contributed by atoms with Crippen LogP contribution in [0.3, 0.4) is 0 Å². The van der Waals surface area contributed by atoms with Gasteiger partial charge in [-0.05, 0) is 24.5 Å². The Labute approximate surface area is 95.1 Å². The molecular weight excluding hydrogens is 194 g/mol. The Bertz CT molecular complexity index is 634. The molecule has 2 aromatic carbocycles. The summed E-state index contributed by atoms with van der Waals surface area (Å²) >= 11 is 0. The molecule has 1 radical (unpaired) electrons. The van der Waals surface area contributed by atoms with Crippen LogP contribution in [-0.4, -0.2) is 4.98 Å². The van der Waals surface area contributed by atoms with Crippen molar-refractivity contribution < 1.29 is 0 Å². The third-order valence-electron chi connectivity index (χ3n) is 3.00. The lowest BCUT2D eigenvalue weighted by Gasteiger charge is -1.99. The van der Waals surface area contributed by atoms with Crippen molar-refractivity contribution in [2.75, 3.05) is 0 Å². The third kappa shape index (κ3) is 1.32. The molecule has 0 aliphatic heterocycles. The molecule has 79 valence electrons. The van der Waals surface area contributed by atoms with Crippen LogP contribution in [0, 0.1) is 6.42 Å². The van der Waals surface area contributed by atoms with Gasteiger partial charge in [0.05, 0.1) is 0 Å². The number of hydrogen-bond acceptors (Lipinski definition) is 0. The second-order valence-corrected chi connectivity index (χ2v) is 4.05. The lowest BCUT2D eigenvalue weighted by atomic mass is 10.1. The van der Waals surface area contributed by atoms with E-state index in [4.69, 9.17) is 0 Å². The number of H-pyrrole nitrogens is 1. The highest BCUT2D eigenvalue weighted by Gasteiger charge is 2.06. The van der Waals surface area contributed by atoms with Crippen LogP contribution >= 0.6 is 0 Å². The second kappa shape index (κ2) is 3.67. The molecule has 1 heteroatoms. The number of fused-ring (bicyclic) bond motifs is 3. The Kier molecular flexibility index (Phi) is 2.17. The van der Waals surface area contributed by atoms with E-state index in [1.807, 2.05) is 0 Å². The minimum Gasteiger partial charge on any atom is -0.354 e. The molecule has 0 aliphatic carbocycles. The van der Waals surface area contributed by atoms with Gasteiger partial charge in [0.25, 0.3) is 0 Å². The van der Waals surface area contributed by atoms with Gasteiger partial charge < -0.3 is 4.98 Å². The van der Waals surface area contributed by atoms with Gasteiger partial charge in [-0.2, -0.15) is 0 Å². The maximum absolute atomic E-state index is 3.50.